The van der Waals surface area contributed by atoms with Crippen molar-refractivity contribution in [3.63, 3.8) is 0 Å². The third kappa shape index (κ3) is 1.55. The first-order valence-electron chi connectivity index (χ1n) is 3.97. The predicted octanol–water partition coefficient (Wildman–Crippen LogP) is 1.43. The first-order chi connectivity index (χ1) is 5.52. The molecule has 0 amide bonds. The third-order valence-corrected chi connectivity index (χ3v) is 2.12. The summed E-state index contributed by atoms with van der Waals surface area (Å²) in [7, 11) is 0. The van der Waals surface area contributed by atoms with Crippen molar-refractivity contribution in [2.24, 2.45) is 5.92 Å². The monoisotopic (exact) mass is 168 g/mol. The fourth-order valence-corrected chi connectivity index (χ4v) is 1.07. The summed E-state index contributed by atoms with van der Waals surface area (Å²) in [4.78, 5) is 21.7. The molecule has 1 aliphatic heterocycles. The minimum Gasteiger partial charge on any atom is -0.389 e. The highest BCUT2D eigenvalue weighted by molar-refractivity contribution is 6.06. The normalized spacial score (nSPS) is 21.7. The molecular weight excluding hydrogens is 156 g/mol. The number of ether oxygens (including phenoxy) is 1. The van der Waals surface area contributed by atoms with Gasteiger partial charge < -0.3 is 4.74 Å². The van der Waals surface area contributed by atoms with Crippen LogP contribution >= 0.6 is 0 Å². The van der Waals surface area contributed by atoms with E-state index in [0.717, 1.165) is 5.57 Å². The molecule has 0 bridgehead atoms. The average molecular weight is 168 g/mol. The Labute approximate surface area is 71.4 Å². The van der Waals surface area contributed by atoms with Crippen molar-refractivity contribution in [2.75, 3.05) is 0 Å². The molecule has 66 valence electrons. The second-order valence-corrected chi connectivity index (χ2v) is 3.25. The Bertz CT molecular complexity index is 261. The quantitative estimate of drug-likeness (QED) is 0.338. The molecule has 0 N–H and O–H groups in total. The molecule has 1 saturated heterocycles. The van der Waals surface area contributed by atoms with Crippen LogP contribution in [0.2, 0.25) is 0 Å². The number of rotatable bonds is 1. The summed E-state index contributed by atoms with van der Waals surface area (Å²) in [5.41, 5.74) is 1.49. The third-order valence-electron chi connectivity index (χ3n) is 2.12. The SMILES string of the molecule is C/C(=C1/CC(=O)OC1=O)C(C)C. The number of carbonyl (C=O) groups is 2. The molecule has 1 heterocycles. The Morgan fingerprint density at radius 3 is 2.33 bits per heavy atom. The lowest BCUT2D eigenvalue weighted by Crippen LogP contribution is -2.01. The standard InChI is InChI=1S/C9H12O3/c1-5(2)6(3)7-4-8(10)12-9(7)11/h5H,4H2,1-3H3/b7-6+. The molecule has 0 spiro atoms. The van der Waals surface area contributed by atoms with Crippen molar-refractivity contribution < 1.29 is 14.3 Å². The van der Waals surface area contributed by atoms with Gasteiger partial charge in [0, 0.05) is 5.57 Å². The number of esters is 2. The van der Waals surface area contributed by atoms with Crippen molar-refractivity contribution in [1.29, 1.82) is 0 Å². The largest absolute Gasteiger partial charge is 0.389 e. The van der Waals surface area contributed by atoms with Crippen LogP contribution in [0.25, 0.3) is 0 Å². The first kappa shape index (κ1) is 8.97. The van der Waals surface area contributed by atoms with Crippen LogP contribution in [0.4, 0.5) is 0 Å². The molecule has 0 aromatic rings. The second kappa shape index (κ2) is 3.09. The Morgan fingerprint density at radius 2 is 2.00 bits per heavy atom. The summed E-state index contributed by atoms with van der Waals surface area (Å²) in [6.45, 7) is 5.83. The molecule has 0 aliphatic carbocycles. The van der Waals surface area contributed by atoms with Crippen molar-refractivity contribution in [3.05, 3.63) is 11.1 Å². The topological polar surface area (TPSA) is 43.4 Å². The molecular formula is C9H12O3. The Morgan fingerprint density at radius 1 is 1.42 bits per heavy atom. The molecule has 0 radical (unpaired) electrons. The van der Waals surface area contributed by atoms with E-state index >= 15 is 0 Å². The minimum atomic E-state index is -0.466. The Balaban J connectivity index is 2.95. The number of carbonyl (C=O) groups excluding carboxylic acids is 2. The summed E-state index contributed by atoms with van der Waals surface area (Å²) in [6, 6.07) is 0. The second-order valence-electron chi connectivity index (χ2n) is 3.25. The van der Waals surface area contributed by atoms with Crippen LogP contribution in [-0.4, -0.2) is 11.9 Å². The smallest absolute Gasteiger partial charge is 0.342 e. The van der Waals surface area contributed by atoms with Crippen molar-refractivity contribution in [1.82, 2.24) is 0 Å². The molecule has 1 fully saturated rings. The zero-order valence-electron chi connectivity index (χ0n) is 7.51. The van der Waals surface area contributed by atoms with E-state index in [9.17, 15) is 9.59 Å². The molecule has 3 heteroatoms. The summed E-state index contributed by atoms with van der Waals surface area (Å²) in [5, 5.41) is 0. The van der Waals surface area contributed by atoms with Gasteiger partial charge in [-0.1, -0.05) is 19.4 Å². The highest BCUT2D eigenvalue weighted by Gasteiger charge is 2.29. The van der Waals surface area contributed by atoms with E-state index in [1.807, 2.05) is 20.8 Å². The number of allylic oxidation sites excluding steroid dienone is 1. The summed E-state index contributed by atoms with van der Waals surface area (Å²) < 4.78 is 4.41. The van der Waals surface area contributed by atoms with Crippen LogP contribution in [0.15, 0.2) is 11.1 Å². The van der Waals surface area contributed by atoms with Crippen molar-refractivity contribution in [2.45, 2.75) is 27.2 Å². The van der Waals surface area contributed by atoms with Gasteiger partial charge in [-0.05, 0) is 12.8 Å². The lowest BCUT2D eigenvalue weighted by atomic mass is 9.98. The molecule has 1 aliphatic rings. The van der Waals surface area contributed by atoms with Crippen LogP contribution in [0.3, 0.4) is 0 Å². The zero-order valence-corrected chi connectivity index (χ0v) is 7.51. The van der Waals surface area contributed by atoms with Gasteiger partial charge in [-0.25, -0.2) is 4.79 Å². The Kier molecular flexibility index (Phi) is 2.31. The lowest BCUT2D eigenvalue weighted by molar-refractivity contribution is -0.151. The zero-order chi connectivity index (χ0) is 9.30. The highest BCUT2D eigenvalue weighted by atomic mass is 16.6. The fourth-order valence-electron chi connectivity index (χ4n) is 1.07. The maximum absolute atomic E-state index is 11.0. The average Bonchev–Trinajstić information content (AvgIpc) is 2.28. The van der Waals surface area contributed by atoms with E-state index in [2.05, 4.69) is 4.74 Å². The number of hydrogen-bond donors (Lipinski definition) is 0. The molecule has 0 aromatic heterocycles. The van der Waals surface area contributed by atoms with E-state index in [0.29, 0.717) is 11.5 Å². The predicted molar refractivity (Wildman–Crippen MR) is 43.3 cm³/mol. The van der Waals surface area contributed by atoms with Gasteiger partial charge >= 0.3 is 11.9 Å². The van der Waals surface area contributed by atoms with E-state index in [-0.39, 0.29) is 6.42 Å². The minimum absolute atomic E-state index is 0.142. The molecule has 12 heavy (non-hydrogen) atoms. The van der Waals surface area contributed by atoms with Gasteiger partial charge in [0.1, 0.15) is 0 Å². The van der Waals surface area contributed by atoms with Gasteiger partial charge in [0.25, 0.3) is 0 Å². The maximum atomic E-state index is 11.0. The van der Waals surface area contributed by atoms with Crippen LogP contribution < -0.4 is 0 Å². The Hall–Kier alpha value is -1.12. The number of hydrogen-bond acceptors (Lipinski definition) is 3. The van der Waals surface area contributed by atoms with Gasteiger partial charge in [0.15, 0.2) is 0 Å². The highest BCUT2D eigenvalue weighted by Crippen LogP contribution is 2.23. The molecule has 0 aromatic carbocycles. The first-order valence-corrected chi connectivity index (χ1v) is 3.97. The fraction of sp³-hybridized carbons (Fsp3) is 0.556. The van der Waals surface area contributed by atoms with Gasteiger partial charge in [-0.15, -0.1) is 0 Å². The summed E-state index contributed by atoms with van der Waals surface area (Å²) in [5.74, 6) is -0.611. The van der Waals surface area contributed by atoms with E-state index < -0.39 is 11.9 Å². The number of cyclic esters (lactones) is 2. The van der Waals surface area contributed by atoms with Gasteiger partial charge in [-0.3, -0.25) is 4.79 Å². The van der Waals surface area contributed by atoms with Crippen LogP contribution in [0, 0.1) is 5.92 Å². The van der Waals surface area contributed by atoms with Crippen LogP contribution in [0.1, 0.15) is 27.2 Å². The van der Waals surface area contributed by atoms with Gasteiger partial charge in [0.05, 0.1) is 6.42 Å². The van der Waals surface area contributed by atoms with Gasteiger partial charge in [-0.2, -0.15) is 0 Å². The van der Waals surface area contributed by atoms with E-state index in [4.69, 9.17) is 0 Å². The molecule has 1 rings (SSSR count). The lowest BCUT2D eigenvalue weighted by Gasteiger charge is -2.05. The van der Waals surface area contributed by atoms with Gasteiger partial charge in [0.2, 0.25) is 0 Å². The molecule has 3 nitrogen and oxygen atoms in total. The van der Waals surface area contributed by atoms with Crippen molar-refractivity contribution in [3.8, 4) is 0 Å². The summed E-state index contributed by atoms with van der Waals surface area (Å²) in [6.07, 6.45) is 0.142. The maximum Gasteiger partial charge on any atom is 0.342 e. The summed E-state index contributed by atoms with van der Waals surface area (Å²) >= 11 is 0. The van der Waals surface area contributed by atoms with Crippen molar-refractivity contribution >= 4 is 11.9 Å². The van der Waals surface area contributed by atoms with Crippen LogP contribution in [-0.2, 0) is 14.3 Å². The molecule has 0 unspecified atom stereocenters. The van der Waals surface area contributed by atoms with Crippen LogP contribution in [0.5, 0.6) is 0 Å². The van der Waals surface area contributed by atoms with E-state index in [1.165, 1.54) is 0 Å². The van der Waals surface area contributed by atoms with E-state index in [1.54, 1.807) is 0 Å². The molecule has 0 saturated carbocycles. The molecule has 0 atom stereocenters.